The van der Waals surface area contributed by atoms with Crippen LogP contribution in [0.25, 0.3) is 0 Å². The molecule has 0 unspecified atom stereocenters. The molecule has 0 aromatic carbocycles. The molecule has 8 heteroatoms. The van der Waals surface area contributed by atoms with Crippen LogP contribution in [-0.4, -0.2) is 52.3 Å². The van der Waals surface area contributed by atoms with Crippen LogP contribution in [0, 0.1) is 0 Å². The van der Waals surface area contributed by atoms with Gasteiger partial charge in [-0.15, -0.1) is 0 Å². The first-order chi connectivity index (χ1) is 11.3. The molecule has 1 fully saturated rings. The molecule has 23 heavy (non-hydrogen) atoms. The summed E-state index contributed by atoms with van der Waals surface area (Å²) in [5, 5.41) is 0. The topological polar surface area (TPSA) is 76.5 Å². The summed E-state index contributed by atoms with van der Waals surface area (Å²) < 4.78 is 11.8. The van der Waals surface area contributed by atoms with Crippen LogP contribution in [0.2, 0.25) is 0 Å². The molecule has 0 spiro atoms. The zero-order valence-electron chi connectivity index (χ0n) is 13.2. The number of hydrogen-bond donors (Lipinski definition) is 0. The summed E-state index contributed by atoms with van der Waals surface area (Å²) in [6.45, 7) is 5.51. The molecule has 122 valence electrons. The molecule has 3 heterocycles. The molecule has 0 amide bonds. The first-order valence-electron chi connectivity index (χ1n) is 7.65. The van der Waals surface area contributed by atoms with Gasteiger partial charge in [-0.2, -0.15) is 0 Å². The van der Waals surface area contributed by atoms with Gasteiger partial charge in [-0.3, -0.25) is 9.80 Å². The van der Waals surface area contributed by atoms with E-state index in [9.17, 15) is 0 Å². The molecule has 0 saturated carbocycles. The van der Waals surface area contributed by atoms with E-state index in [1.807, 2.05) is 23.6 Å². The highest BCUT2D eigenvalue weighted by molar-refractivity contribution is 5.43. The van der Waals surface area contributed by atoms with Crippen LogP contribution in [-0.2, 0) is 9.47 Å². The molecule has 2 aromatic heterocycles. The van der Waals surface area contributed by atoms with Crippen molar-refractivity contribution >= 4 is 11.9 Å². The molecule has 2 atom stereocenters. The lowest BCUT2D eigenvalue weighted by atomic mass is 10.4. The fraction of sp³-hybridized carbons (Fsp3) is 0.467. The van der Waals surface area contributed by atoms with Crippen LogP contribution in [0.4, 0.5) is 11.9 Å². The second kappa shape index (κ2) is 7.30. The third-order valence-electron chi connectivity index (χ3n) is 3.46. The van der Waals surface area contributed by atoms with Gasteiger partial charge >= 0.3 is 0 Å². The van der Waals surface area contributed by atoms with Crippen LogP contribution >= 0.6 is 0 Å². The number of nitrogens with zero attached hydrogens (tertiary/aromatic N) is 6. The average Bonchev–Trinajstić information content (AvgIpc) is 2.96. The summed E-state index contributed by atoms with van der Waals surface area (Å²) in [7, 11) is 0. The highest BCUT2D eigenvalue weighted by atomic mass is 16.6. The molecule has 1 saturated heterocycles. The van der Waals surface area contributed by atoms with Crippen molar-refractivity contribution in [3.63, 3.8) is 0 Å². The molecule has 0 bridgehead atoms. The van der Waals surface area contributed by atoms with E-state index in [-0.39, 0.29) is 12.5 Å². The molecule has 0 aliphatic carbocycles. The predicted molar refractivity (Wildman–Crippen MR) is 84.7 cm³/mol. The van der Waals surface area contributed by atoms with Crippen molar-refractivity contribution in [1.29, 1.82) is 0 Å². The first-order valence-corrected chi connectivity index (χ1v) is 7.65. The second-order valence-corrected chi connectivity index (χ2v) is 4.87. The molecule has 1 aliphatic heterocycles. The lowest BCUT2D eigenvalue weighted by molar-refractivity contribution is -0.0477. The average molecular weight is 316 g/mol. The molecule has 0 radical (unpaired) electrons. The van der Waals surface area contributed by atoms with Gasteiger partial charge in [-0.25, -0.2) is 19.9 Å². The van der Waals surface area contributed by atoms with Crippen LogP contribution in [0.3, 0.4) is 0 Å². The SMILES string of the molecule is CCO[C@@H]1[C@@H](OCC)N(c2ncccn2)CN1c1ncccn1. The van der Waals surface area contributed by atoms with Gasteiger partial charge < -0.3 is 9.47 Å². The minimum absolute atomic E-state index is 0.328. The van der Waals surface area contributed by atoms with E-state index < -0.39 is 0 Å². The van der Waals surface area contributed by atoms with Gasteiger partial charge in [0.15, 0.2) is 12.5 Å². The Bertz CT molecular complexity index is 546. The van der Waals surface area contributed by atoms with E-state index in [0.29, 0.717) is 31.8 Å². The zero-order valence-corrected chi connectivity index (χ0v) is 13.2. The fourth-order valence-electron chi connectivity index (χ4n) is 2.55. The molecule has 0 N–H and O–H groups in total. The predicted octanol–water partition coefficient (Wildman–Crippen LogP) is 1.28. The summed E-state index contributed by atoms with van der Waals surface area (Å²) in [5.74, 6) is 1.18. The Balaban J connectivity index is 1.94. The third-order valence-corrected chi connectivity index (χ3v) is 3.46. The lowest BCUT2D eigenvalue weighted by Gasteiger charge is -2.27. The molecule has 1 aliphatic rings. The summed E-state index contributed by atoms with van der Waals surface area (Å²) in [6.07, 6.45) is 6.19. The lowest BCUT2D eigenvalue weighted by Crippen LogP contribution is -2.42. The Morgan fingerprint density at radius 3 is 1.57 bits per heavy atom. The normalized spacial score (nSPS) is 21.0. The van der Waals surface area contributed by atoms with E-state index in [2.05, 4.69) is 19.9 Å². The molecule has 3 rings (SSSR count). The van der Waals surface area contributed by atoms with Gasteiger partial charge in [0.25, 0.3) is 0 Å². The number of anilines is 2. The number of ether oxygens (including phenoxy) is 2. The van der Waals surface area contributed by atoms with E-state index >= 15 is 0 Å². The maximum atomic E-state index is 5.91. The van der Waals surface area contributed by atoms with E-state index in [4.69, 9.17) is 9.47 Å². The van der Waals surface area contributed by atoms with Crippen molar-refractivity contribution in [3.8, 4) is 0 Å². The molecule has 8 nitrogen and oxygen atoms in total. The van der Waals surface area contributed by atoms with Gasteiger partial charge in [0, 0.05) is 38.0 Å². The molecular weight excluding hydrogens is 296 g/mol. The molecule has 2 aromatic rings. The minimum atomic E-state index is -0.328. The maximum absolute atomic E-state index is 5.91. The Hall–Kier alpha value is -2.32. The Morgan fingerprint density at radius 2 is 1.22 bits per heavy atom. The van der Waals surface area contributed by atoms with E-state index in [1.54, 1.807) is 36.9 Å². The van der Waals surface area contributed by atoms with Gasteiger partial charge in [0.1, 0.15) is 6.67 Å². The largest absolute Gasteiger partial charge is 0.354 e. The van der Waals surface area contributed by atoms with Crippen molar-refractivity contribution in [1.82, 2.24) is 19.9 Å². The van der Waals surface area contributed by atoms with Crippen LogP contribution in [0.5, 0.6) is 0 Å². The van der Waals surface area contributed by atoms with Crippen molar-refractivity contribution < 1.29 is 9.47 Å². The van der Waals surface area contributed by atoms with E-state index in [0.717, 1.165) is 0 Å². The minimum Gasteiger partial charge on any atom is -0.354 e. The number of rotatable bonds is 6. The fourth-order valence-corrected chi connectivity index (χ4v) is 2.55. The van der Waals surface area contributed by atoms with Crippen molar-refractivity contribution in [2.75, 3.05) is 29.7 Å². The standard InChI is InChI=1S/C15H20N6O2/c1-3-22-12-13(23-4-2)21(15-18-9-6-10-19-15)11-20(12)14-16-7-5-8-17-14/h5-10,12-13H,3-4,11H2,1-2H3/t12-,13-/m1/s1. The Morgan fingerprint density at radius 1 is 0.826 bits per heavy atom. The highest BCUT2D eigenvalue weighted by Crippen LogP contribution is 2.28. The van der Waals surface area contributed by atoms with Gasteiger partial charge in [0.2, 0.25) is 11.9 Å². The van der Waals surface area contributed by atoms with Crippen molar-refractivity contribution in [3.05, 3.63) is 36.9 Å². The monoisotopic (exact) mass is 316 g/mol. The number of aromatic nitrogens is 4. The highest BCUT2D eigenvalue weighted by Gasteiger charge is 2.44. The summed E-state index contributed by atoms with van der Waals surface area (Å²) in [4.78, 5) is 21.2. The first kappa shape index (κ1) is 15.6. The van der Waals surface area contributed by atoms with Crippen molar-refractivity contribution in [2.45, 2.75) is 26.3 Å². The van der Waals surface area contributed by atoms with Gasteiger partial charge in [-0.05, 0) is 26.0 Å². The summed E-state index contributed by atoms with van der Waals surface area (Å²) in [6, 6.07) is 3.57. The number of hydrogen-bond acceptors (Lipinski definition) is 8. The summed E-state index contributed by atoms with van der Waals surface area (Å²) in [5.41, 5.74) is 0. The van der Waals surface area contributed by atoms with Gasteiger partial charge in [0.05, 0.1) is 0 Å². The summed E-state index contributed by atoms with van der Waals surface area (Å²) >= 11 is 0. The maximum Gasteiger partial charge on any atom is 0.228 e. The quantitative estimate of drug-likeness (QED) is 0.789. The smallest absolute Gasteiger partial charge is 0.228 e. The van der Waals surface area contributed by atoms with Crippen LogP contribution in [0.15, 0.2) is 36.9 Å². The van der Waals surface area contributed by atoms with Gasteiger partial charge in [-0.1, -0.05) is 0 Å². The molecular formula is C15H20N6O2. The zero-order chi connectivity index (χ0) is 16.1. The van der Waals surface area contributed by atoms with Crippen LogP contribution < -0.4 is 9.80 Å². The second-order valence-electron chi connectivity index (χ2n) is 4.87. The Labute approximate surface area is 135 Å². The van der Waals surface area contributed by atoms with E-state index in [1.165, 1.54) is 0 Å². The third kappa shape index (κ3) is 3.22. The van der Waals surface area contributed by atoms with Crippen LogP contribution in [0.1, 0.15) is 13.8 Å². The Kier molecular flexibility index (Phi) is 4.94. The van der Waals surface area contributed by atoms with Crippen molar-refractivity contribution in [2.24, 2.45) is 0 Å².